The second-order valence-corrected chi connectivity index (χ2v) is 4.63. The number of amides is 1. The molecule has 1 aromatic rings. The third-order valence-electron chi connectivity index (χ3n) is 3.22. The van der Waals surface area contributed by atoms with Gasteiger partial charge in [-0.05, 0) is 37.6 Å². The molecule has 0 N–H and O–H groups in total. The molecule has 0 saturated heterocycles. The van der Waals surface area contributed by atoms with Gasteiger partial charge in [0.2, 0.25) is 0 Å². The second kappa shape index (κ2) is 7.79. The van der Waals surface area contributed by atoms with Crippen LogP contribution in [0.15, 0.2) is 24.3 Å². The third kappa shape index (κ3) is 4.56. The first-order valence-corrected chi connectivity index (χ1v) is 6.65. The van der Waals surface area contributed by atoms with E-state index in [2.05, 4.69) is 11.8 Å². The van der Waals surface area contributed by atoms with Crippen molar-refractivity contribution in [3.8, 4) is 0 Å². The summed E-state index contributed by atoms with van der Waals surface area (Å²) in [7, 11) is 5.53. The average molecular weight is 264 g/mol. The quantitative estimate of drug-likeness (QED) is 0.708. The van der Waals surface area contributed by atoms with Crippen LogP contribution < -0.4 is 4.90 Å². The molecule has 106 valence electrons. The normalized spacial score (nSPS) is 10.3. The molecule has 1 aromatic carbocycles. The van der Waals surface area contributed by atoms with Gasteiger partial charge in [0.25, 0.3) is 5.91 Å². The molecule has 0 bridgehead atoms. The van der Waals surface area contributed by atoms with Crippen LogP contribution in [0.25, 0.3) is 0 Å². The molecule has 0 radical (unpaired) electrons. The summed E-state index contributed by atoms with van der Waals surface area (Å²) >= 11 is 0. The minimum atomic E-state index is 0.0572. The molecule has 0 saturated carbocycles. The SMILES string of the molecule is CCN(C)c1ccc(C(=O)N(C)CCCOC)cc1. The molecule has 0 aliphatic heterocycles. The van der Waals surface area contributed by atoms with Crippen molar-refractivity contribution >= 4 is 11.6 Å². The van der Waals surface area contributed by atoms with E-state index in [4.69, 9.17) is 4.74 Å². The monoisotopic (exact) mass is 264 g/mol. The molecular weight excluding hydrogens is 240 g/mol. The Kier molecular flexibility index (Phi) is 6.36. The van der Waals surface area contributed by atoms with Crippen molar-refractivity contribution in [3.63, 3.8) is 0 Å². The smallest absolute Gasteiger partial charge is 0.253 e. The molecule has 0 aliphatic carbocycles. The number of carbonyl (C=O) groups excluding carboxylic acids is 1. The van der Waals surface area contributed by atoms with Crippen LogP contribution in [0.2, 0.25) is 0 Å². The summed E-state index contributed by atoms with van der Waals surface area (Å²) in [4.78, 5) is 16.0. The van der Waals surface area contributed by atoms with Crippen LogP contribution in [0.4, 0.5) is 5.69 Å². The Bertz CT molecular complexity index is 390. The predicted molar refractivity (Wildman–Crippen MR) is 78.8 cm³/mol. The molecule has 19 heavy (non-hydrogen) atoms. The maximum absolute atomic E-state index is 12.2. The highest BCUT2D eigenvalue weighted by atomic mass is 16.5. The van der Waals surface area contributed by atoms with Crippen LogP contribution in [0.1, 0.15) is 23.7 Å². The van der Waals surface area contributed by atoms with Crippen LogP contribution in [-0.2, 0) is 4.74 Å². The van der Waals surface area contributed by atoms with Gasteiger partial charge >= 0.3 is 0 Å². The molecule has 0 heterocycles. The van der Waals surface area contributed by atoms with Crippen molar-refractivity contribution in [2.24, 2.45) is 0 Å². The van der Waals surface area contributed by atoms with E-state index < -0.39 is 0 Å². The zero-order chi connectivity index (χ0) is 14.3. The summed E-state index contributed by atoms with van der Waals surface area (Å²) < 4.78 is 4.99. The van der Waals surface area contributed by atoms with Crippen molar-refractivity contribution in [2.45, 2.75) is 13.3 Å². The van der Waals surface area contributed by atoms with Crippen molar-refractivity contribution < 1.29 is 9.53 Å². The zero-order valence-electron chi connectivity index (χ0n) is 12.3. The zero-order valence-corrected chi connectivity index (χ0v) is 12.3. The lowest BCUT2D eigenvalue weighted by atomic mass is 10.1. The summed E-state index contributed by atoms with van der Waals surface area (Å²) in [6, 6.07) is 7.74. The Morgan fingerprint density at radius 2 is 1.84 bits per heavy atom. The molecule has 4 nitrogen and oxygen atoms in total. The molecule has 0 atom stereocenters. The van der Waals surface area contributed by atoms with Gasteiger partial charge in [-0.2, -0.15) is 0 Å². The van der Waals surface area contributed by atoms with E-state index in [1.54, 1.807) is 12.0 Å². The van der Waals surface area contributed by atoms with Crippen molar-refractivity contribution in [1.29, 1.82) is 0 Å². The van der Waals surface area contributed by atoms with E-state index in [-0.39, 0.29) is 5.91 Å². The first-order chi connectivity index (χ1) is 9.10. The molecule has 0 fully saturated rings. The topological polar surface area (TPSA) is 32.8 Å². The van der Waals surface area contributed by atoms with Crippen LogP contribution in [0.5, 0.6) is 0 Å². The van der Waals surface area contributed by atoms with Gasteiger partial charge in [0.05, 0.1) is 0 Å². The molecule has 0 aliphatic rings. The molecule has 4 heteroatoms. The summed E-state index contributed by atoms with van der Waals surface area (Å²) in [5.41, 5.74) is 1.86. The number of nitrogens with zero attached hydrogens (tertiary/aromatic N) is 2. The van der Waals surface area contributed by atoms with E-state index in [1.165, 1.54) is 0 Å². The maximum Gasteiger partial charge on any atom is 0.253 e. The van der Waals surface area contributed by atoms with Gasteiger partial charge in [0, 0.05) is 52.2 Å². The molecule has 0 unspecified atom stereocenters. The van der Waals surface area contributed by atoms with E-state index in [0.717, 1.165) is 24.2 Å². The summed E-state index contributed by atoms with van der Waals surface area (Å²) in [5, 5.41) is 0. The number of methoxy groups -OCH3 is 1. The number of rotatable bonds is 7. The van der Waals surface area contributed by atoms with Gasteiger partial charge in [-0.3, -0.25) is 4.79 Å². The molecule has 1 rings (SSSR count). The van der Waals surface area contributed by atoms with E-state index in [0.29, 0.717) is 13.2 Å². The van der Waals surface area contributed by atoms with Gasteiger partial charge in [-0.25, -0.2) is 0 Å². The minimum absolute atomic E-state index is 0.0572. The number of carbonyl (C=O) groups is 1. The Morgan fingerprint density at radius 3 is 2.37 bits per heavy atom. The fourth-order valence-electron chi connectivity index (χ4n) is 1.81. The first-order valence-electron chi connectivity index (χ1n) is 6.65. The number of ether oxygens (including phenoxy) is 1. The highest BCUT2D eigenvalue weighted by molar-refractivity contribution is 5.94. The molecule has 0 aromatic heterocycles. The average Bonchev–Trinajstić information content (AvgIpc) is 2.46. The molecular formula is C15H24N2O2. The fourth-order valence-corrected chi connectivity index (χ4v) is 1.81. The van der Waals surface area contributed by atoms with Crippen molar-refractivity contribution in [1.82, 2.24) is 4.90 Å². The van der Waals surface area contributed by atoms with Crippen molar-refractivity contribution in [2.75, 3.05) is 45.8 Å². The van der Waals surface area contributed by atoms with Gasteiger partial charge in [0.1, 0.15) is 0 Å². The lowest BCUT2D eigenvalue weighted by Gasteiger charge is -2.19. The van der Waals surface area contributed by atoms with Crippen LogP contribution in [0, 0.1) is 0 Å². The van der Waals surface area contributed by atoms with Crippen LogP contribution >= 0.6 is 0 Å². The van der Waals surface area contributed by atoms with Crippen LogP contribution in [0.3, 0.4) is 0 Å². The largest absolute Gasteiger partial charge is 0.385 e. The Labute approximate surface area is 116 Å². The molecule has 0 spiro atoms. The maximum atomic E-state index is 12.2. The van der Waals surface area contributed by atoms with Gasteiger partial charge in [0.15, 0.2) is 0 Å². The van der Waals surface area contributed by atoms with E-state index >= 15 is 0 Å². The second-order valence-electron chi connectivity index (χ2n) is 4.63. The Morgan fingerprint density at radius 1 is 1.21 bits per heavy atom. The molecule has 1 amide bonds. The fraction of sp³-hybridized carbons (Fsp3) is 0.533. The lowest BCUT2D eigenvalue weighted by molar-refractivity contribution is 0.0779. The number of benzene rings is 1. The lowest BCUT2D eigenvalue weighted by Crippen LogP contribution is -2.28. The number of hydrogen-bond donors (Lipinski definition) is 0. The van der Waals surface area contributed by atoms with Crippen molar-refractivity contribution in [3.05, 3.63) is 29.8 Å². The Hall–Kier alpha value is -1.55. The van der Waals surface area contributed by atoms with Gasteiger partial charge < -0.3 is 14.5 Å². The first kappa shape index (κ1) is 15.5. The summed E-state index contributed by atoms with van der Waals surface area (Å²) in [5.74, 6) is 0.0572. The summed E-state index contributed by atoms with van der Waals surface area (Å²) in [6.45, 7) is 4.44. The Balaban J connectivity index is 2.61. The van der Waals surface area contributed by atoms with Crippen LogP contribution in [-0.4, -0.2) is 51.7 Å². The summed E-state index contributed by atoms with van der Waals surface area (Å²) in [6.07, 6.45) is 0.857. The third-order valence-corrected chi connectivity index (χ3v) is 3.22. The highest BCUT2D eigenvalue weighted by Gasteiger charge is 2.11. The van der Waals surface area contributed by atoms with Gasteiger partial charge in [-0.15, -0.1) is 0 Å². The van der Waals surface area contributed by atoms with E-state index in [9.17, 15) is 4.79 Å². The number of anilines is 1. The predicted octanol–water partition coefficient (Wildman–Crippen LogP) is 2.25. The van der Waals surface area contributed by atoms with E-state index in [1.807, 2.05) is 38.4 Å². The number of hydrogen-bond acceptors (Lipinski definition) is 3. The minimum Gasteiger partial charge on any atom is -0.385 e. The highest BCUT2D eigenvalue weighted by Crippen LogP contribution is 2.14. The van der Waals surface area contributed by atoms with Gasteiger partial charge in [-0.1, -0.05) is 0 Å². The standard InChI is InChI=1S/C15H24N2O2/c1-5-16(2)14-9-7-13(8-10-14)15(18)17(3)11-6-12-19-4/h7-10H,5-6,11-12H2,1-4H3.